The van der Waals surface area contributed by atoms with E-state index in [2.05, 4.69) is 31.4 Å². The fourth-order valence-electron chi connectivity index (χ4n) is 2.59. The van der Waals surface area contributed by atoms with Crippen molar-refractivity contribution < 1.29 is 5.11 Å². The number of hydrogen-bond acceptors (Lipinski definition) is 3. The molecule has 90 valence electrons. The largest absolute Gasteiger partial charge is 0.393 e. The van der Waals surface area contributed by atoms with Gasteiger partial charge >= 0.3 is 0 Å². The van der Waals surface area contributed by atoms with Gasteiger partial charge in [-0.1, -0.05) is 20.3 Å². The molecule has 0 saturated carbocycles. The number of hydrogen-bond donors (Lipinski definition) is 3. The van der Waals surface area contributed by atoms with E-state index in [1.54, 1.807) is 0 Å². The zero-order valence-corrected chi connectivity index (χ0v) is 10.5. The van der Waals surface area contributed by atoms with Crippen LogP contribution in [0.15, 0.2) is 0 Å². The van der Waals surface area contributed by atoms with Crippen LogP contribution in [0.25, 0.3) is 0 Å². The van der Waals surface area contributed by atoms with Crippen molar-refractivity contribution in [1.29, 1.82) is 0 Å². The van der Waals surface area contributed by atoms with Gasteiger partial charge in [-0.05, 0) is 25.7 Å². The van der Waals surface area contributed by atoms with E-state index in [1.165, 1.54) is 0 Å². The van der Waals surface area contributed by atoms with Crippen molar-refractivity contribution in [3.8, 4) is 0 Å². The molecule has 1 fully saturated rings. The summed E-state index contributed by atoms with van der Waals surface area (Å²) in [6.07, 6.45) is 0.909. The third-order valence-electron chi connectivity index (χ3n) is 3.74. The highest BCUT2D eigenvalue weighted by Crippen LogP contribution is 2.23. The van der Waals surface area contributed by atoms with E-state index in [9.17, 15) is 5.11 Å². The SMILES string of the molecule is CCC(C1CNCC(C)N1)C(C)C(C)O. The van der Waals surface area contributed by atoms with Gasteiger partial charge in [0.2, 0.25) is 0 Å². The summed E-state index contributed by atoms with van der Waals surface area (Å²) in [5, 5.41) is 16.7. The number of aliphatic hydroxyl groups excluding tert-OH is 1. The predicted octanol–water partition coefficient (Wildman–Crippen LogP) is 0.979. The van der Waals surface area contributed by atoms with E-state index in [-0.39, 0.29) is 6.10 Å². The minimum absolute atomic E-state index is 0.214. The Balaban J connectivity index is 2.56. The van der Waals surface area contributed by atoms with E-state index >= 15 is 0 Å². The Labute approximate surface area is 93.6 Å². The molecule has 15 heavy (non-hydrogen) atoms. The van der Waals surface area contributed by atoms with Crippen molar-refractivity contribution in [1.82, 2.24) is 10.6 Å². The monoisotopic (exact) mass is 214 g/mol. The summed E-state index contributed by atoms with van der Waals surface area (Å²) in [4.78, 5) is 0. The minimum atomic E-state index is -0.214. The first-order chi connectivity index (χ1) is 7.06. The second kappa shape index (κ2) is 5.83. The predicted molar refractivity (Wildman–Crippen MR) is 63.9 cm³/mol. The van der Waals surface area contributed by atoms with Crippen molar-refractivity contribution in [2.75, 3.05) is 13.1 Å². The molecular weight excluding hydrogens is 188 g/mol. The fraction of sp³-hybridized carbons (Fsp3) is 1.00. The molecule has 0 spiro atoms. The molecule has 1 saturated heterocycles. The number of rotatable bonds is 4. The third kappa shape index (κ3) is 3.44. The second-order valence-electron chi connectivity index (χ2n) is 5.00. The lowest BCUT2D eigenvalue weighted by atomic mass is 9.81. The summed E-state index contributed by atoms with van der Waals surface area (Å²) in [7, 11) is 0. The van der Waals surface area contributed by atoms with Crippen LogP contribution >= 0.6 is 0 Å². The van der Waals surface area contributed by atoms with Gasteiger partial charge in [0, 0.05) is 25.2 Å². The topological polar surface area (TPSA) is 44.3 Å². The molecule has 1 aliphatic heterocycles. The Bertz CT molecular complexity index is 184. The smallest absolute Gasteiger partial charge is 0.0540 e. The average Bonchev–Trinajstić information content (AvgIpc) is 2.18. The van der Waals surface area contributed by atoms with Gasteiger partial charge in [-0.2, -0.15) is 0 Å². The molecule has 0 aromatic carbocycles. The van der Waals surface area contributed by atoms with Crippen LogP contribution in [0.3, 0.4) is 0 Å². The lowest BCUT2D eigenvalue weighted by molar-refractivity contribution is 0.0745. The molecule has 0 radical (unpaired) electrons. The summed E-state index contributed by atoms with van der Waals surface area (Å²) in [6.45, 7) is 10.5. The molecule has 0 aliphatic carbocycles. The quantitative estimate of drug-likeness (QED) is 0.653. The highest BCUT2D eigenvalue weighted by atomic mass is 16.3. The van der Waals surface area contributed by atoms with Crippen molar-refractivity contribution in [2.24, 2.45) is 11.8 Å². The van der Waals surface area contributed by atoms with Crippen molar-refractivity contribution in [3.63, 3.8) is 0 Å². The van der Waals surface area contributed by atoms with E-state index in [1.807, 2.05) is 6.92 Å². The van der Waals surface area contributed by atoms with Crippen LogP contribution in [-0.2, 0) is 0 Å². The molecule has 3 nitrogen and oxygen atoms in total. The van der Waals surface area contributed by atoms with Crippen molar-refractivity contribution >= 4 is 0 Å². The third-order valence-corrected chi connectivity index (χ3v) is 3.74. The molecule has 0 aromatic heterocycles. The first kappa shape index (κ1) is 12.9. The molecule has 5 unspecified atom stereocenters. The molecule has 0 bridgehead atoms. The van der Waals surface area contributed by atoms with Gasteiger partial charge in [-0.25, -0.2) is 0 Å². The molecule has 1 heterocycles. The molecule has 3 N–H and O–H groups in total. The average molecular weight is 214 g/mol. The van der Waals surface area contributed by atoms with Gasteiger partial charge in [0.1, 0.15) is 0 Å². The Morgan fingerprint density at radius 3 is 2.47 bits per heavy atom. The Hall–Kier alpha value is -0.120. The molecule has 1 aliphatic rings. The maximum atomic E-state index is 9.67. The van der Waals surface area contributed by atoms with Crippen molar-refractivity contribution in [3.05, 3.63) is 0 Å². The summed E-state index contributed by atoms with van der Waals surface area (Å²) >= 11 is 0. The molecule has 1 rings (SSSR count). The first-order valence-corrected chi connectivity index (χ1v) is 6.21. The van der Waals surface area contributed by atoms with Gasteiger partial charge in [-0.15, -0.1) is 0 Å². The van der Waals surface area contributed by atoms with Crippen LogP contribution in [0.1, 0.15) is 34.1 Å². The zero-order valence-electron chi connectivity index (χ0n) is 10.5. The lowest BCUT2D eigenvalue weighted by Gasteiger charge is -2.38. The van der Waals surface area contributed by atoms with Gasteiger partial charge in [0.05, 0.1) is 6.10 Å². The highest BCUT2D eigenvalue weighted by molar-refractivity contribution is 4.88. The van der Waals surface area contributed by atoms with Gasteiger partial charge in [-0.3, -0.25) is 0 Å². The van der Waals surface area contributed by atoms with Crippen LogP contribution in [0, 0.1) is 11.8 Å². The Morgan fingerprint density at radius 2 is 2.00 bits per heavy atom. The second-order valence-corrected chi connectivity index (χ2v) is 5.00. The normalized spacial score (nSPS) is 33.4. The Kier molecular flexibility index (Phi) is 5.03. The standard InChI is InChI=1S/C12H26N2O/c1-5-11(9(3)10(4)15)12-7-13-6-8(2)14-12/h8-15H,5-7H2,1-4H3. The van der Waals surface area contributed by atoms with Crippen LogP contribution in [0.2, 0.25) is 0 Å². The van der Waals surface area contributed by atoms with Gasteiger partial charge < -0.3 is 15.7 Å². The first-order valence-electron chi connectivity index (χ1n) is 6.21. The van der Waals surface area contributed by atoms with E-state index in [4.69, 9.17) is 0 Å². The lowest BCUT2D eigenvalue weighted by Crippen LogP contribution is -2.57. The maximum Gasteiger partial charge on any atom is 0.0540 e. The van der Waals surface area contributed by atoms with Crippen LogP contribution in [0.5, 0.6) is 0 Å². The van der Waals surface area contributed by atoms with E-state index < -0.39 is 0 Å². The number of nitrogens with one attached hydrogen (secondary N) is 2. The van der Waals surface area contributed by atoms with Gasteiger partial charge in [0.25, 0.3) is 0 Å². The van der Waals surface area contributed by atoms with Crippen LogP contribution in [0.4, 0.5) is 0 Å². The maximum absolute atomic E-state index is 9.67. The molecule has 5 atom stereocenters. The Morgan fingerprint density at radius 1 is 1.33 bits per heavy atom. The number of aliphatic hydroxyl groups is 1. The minimum Gasteiger partial charge on any atom is -0.393 e. The van der Waals surface area contributed by atoms with Crippen molar-refractivity contribution in [2.45, 2.75) is 52.3 Å². The fourth-order valence-corrected chi connectivity index (χ4v) is 2.59. The molecule has 3 heteroatoms. The van der Waals surface area contributed by atoms with E-state index in [0.717, 1.165) is 19.5 Å². The molecular formula is C12H26N2O. The highest BCUT2D eigenvalue weighted by Gasteiger charge is 2.30. The summed E-state index contributed by atoms with van der Waals surface area (Å²) in [6, 6.07) is 1.04. The molecule has 0 amide bonds. The summed E-state index contributed by atoms with van der Waals surface area (Å²) < 4.78 is 0. The summed E-state index contributed by atoms with van der Waals surface area (Å²) in [5.74, 6) is 0.917. The zero-order chi connectivity index (χ0) is 11.4. The summed E-state index contributed by atoms with van der Waals surface area (Å²) in [5.41, 5.74) is 0. The van der Waals surface area contributed by atoms with Crippen LogP contribution in [-0.4, -0.2) is 36.4 Å². The number of piperazine rings is 1. The van der Waals surface area contributed by atoms with Gasteiger partial charge in [0.15, 0.2) is 0 Å². The van der Waals surface area contributed by atoms with E-state index in [0.29, 0.717) is 23.9 Å². The van der Waals surface area contributed by atoms with Crippen LogP contribution < -0.4 is 10.6 Å². The molecule has 0 aromatic rings.